The highest BCUT2D eigenvalue weighted by molar-refractivity contribution is 5.00. The number of hydrogen-bond donors (Lipinski definition) is 1. The van der Waals surface area contributed by atoms with Gasteiger partial charge >= 0.3 is 6.18 Å². The van der Waals surface area contributed by atoms with Crippen LogP contribution < -0.4 is 5.73 Å². The molecule has 0 amide bonds. The molecule has 1 aliphatic carbocycles. The van der Waals surface area contributed by atoms with E-state index in [9.17, 15) is 13.2 Å². The van der Waals surface area contributed by atoms with Gasteiger partial charge in [-0.1, -0.05) is 13.8 Å². The summed E-state index contributed by atoms with van der Waals surface area (Å²) >= 11 is 0. The fraction of sp³-hybridized carbons (Fsp3) is 1.00. The molecule has 0 saturated heterocycles. The van der Waals surface area contributed by atoms with Crippen LogP contribution in [0.4, 0.5) is 13.2 Å². The molecule has 84 valence electrons. The van der Waals surface area contributed by atoms with E-state index in [0.717, 1.165) is 12.8 Å². The molecule has 2 N–H and O–H groups in total. The molecule has 0 radical (unpaired) electrons. The average Bonchev–Trinajstić information content (AvgIpc) is 2.63. The number of alkyl halides is 3. The van der Waals surface area contributed by atoms with E-state index in [1.807, 2.05) is 13.8 Å². The first kappa shape index (κ1) is 11.8. The molecule has 14 heavy (non-hydrogen) atoms. The number of nitrogens with two attached hydrogens (primary N) is 1. The molecule has 0 aromatic rings. The van der Waals surface area contributed by atoms with E-state index in [1.54, 1.807) is 0 Å². The van der Waals surface area contributed by atoms with Crippen LogP contribution in [0.1, 0.15) is 39.5 Å². The van der Waals surface area contributed by atoms with Crippen molar-refractivity contribution in [2.75, 3.05) is 0 Å². The van der Waals surface area contributed by atoms with Crippen molar-refractivity contribution < 1.29 is 13.2 Å². The van der Waals surface area contributed by atoms with Gasteiger partial charge in [-0.3, -0.25) is 0 Å². The molecule has 1 saturated carbocycles. The van der Waals surface area contributed by atoms with Crippen molar-refractivity contribution in [2.45, 2.75) is 51.2 Å². The van der Waals surface area contributed by atoms with Crippen molar-refractivity contribution in [1.29, 1.82) is 0 Å². The van der Waals surface area contributed by atoms with Gasteiger partial charge in [-0.25, -0.2) is 0 Å². The monoisotopic (exact) mass is 209 g/mol. The Balaban J connectivity index is 2.53. The van der Waals surface area contributed by atoms with E-state index < -0.39 is 17.6 Å². The van der Waals surface area contributed by atoms with Crippen molar-refractivity contribution in [1.82, 2.24) is 0 Å². The van der Waals surface area contributed by atoms with Crippen LogP contribution in [-0.2, 0) is 0 Å². The predicted octanol–water partition coefficient (Wildman–Crippen LogP) is 3.09. The van der Waals surface area contributed by atoms with Crippen LogP contribution >= 0.6 is 0 Å². The standard InChI is InChI=1S/C10H18F3N/c1-7(2)5-8(10(11,12)13)6-9(14)3-4-9/h7-8H,3-6,14H2,1-2H3. The summed E-state index contributed by atoms with van der Waals surface area (Å²) in [5.74, 6) is -1.14. The molecule has 4 heteroatoms. The lowest BCUT2D eigenvalue weighted by Gasteiger charge is -2.24. The lowest BCUT2D eigenvalue weighted by atomic mass is 9.90. The van der Waals surface area contributed by atoms with Crippen molar-refractivity contribution in [3.05, 3.63) is 0 Å². The van der Waals surface area contributed by atoms with E-state index in [1.165, 1.54) is 0 Å². The quantitative estimate of drug-likeness (QED) is 0.756. The van der Waals surface area contributed by atoms with Gasteiger partial charge in [0.05, 0.1) is 5.92 Å². The number of halogens is 3. The highest BCUT2D eigenvalue weighted by Gasteiger charge is 2.48. The number of rotatable bonds is 4. The highest BCUT2D eigenvalue weighted by atomic mass is 19.4. The largest absolute Gasteiger partial charge is 0.391 e. The summed E-state index contributed by atoms with van der Waals surface area (Å²) in [6, 6.07) is 0. The first-order valence-electron chi connectivity index (χ1n) is 5.08. The number of hydrogen-bond acceptors (Lipinski definition) is 1. The Kier molecular flexibility index (Phi) is 3.14. The van der Waals surface area contributed by atoms with Crippen LogP contribution in [0.2, 0.25) is 0 Å². The average molecular weight is 209 g/mol. The van der Waals surface area contributed by atoms with Gasteiger partial charge in [-0.15, -0.1) is 0 Å². The molecule has 0 bridgehead atoms. The Morgan fingerprint density at radius 3 is 2.07 bits per heavy atom. The molecule has 0 heterocycles. The summed E-state index contributed by atoms with van der Waals surface area (Å²) in [5.41, 5.74) is 5.21. The van der Waals surface area contributed by atoms with Crippen LogP contribution in [-0.4, -0.2) is 11.7 Å². The maximum Gasteiger partial charge on any atom is 0.391 e. The predicted molar refractivity (Wildman–Crippen MR) is 49.8 cm³/mol. The van der Waals surface area contributed by atoms with Gasteiger partial charge in [0.25, 0.3) is 0 Å². The van der Waals surface area contributed by atoms with Gasteiger partial charge in [0.15, 0.2) is 0 Å². The van der Waals surface area contributed by atoms with Gasteiger partial charge in [-0.2, -0.15) is 13.2 Å². The third-order valence-electron chi connectivity index (χ3n) is 2.76. The molecule has 0 aliphatic heterocycles. The Labute approximate surface area is 82.9 Å². The molecule has 1 fully saturated rings. The maximum absolute atomic E-state index is 12.6. The van der Waals surface area contributed by atoms with E-state index in [2.05, 4.69) is 0 Å². The zero-order chi connectivity index (χ0) is 11.0. The van der Waals surface area contributed by atoms with Crippen LogP contribution in [0.25, 0.3) is 0 Å². The topological polar surface area (TPSA) is 26.0 Å². The summed E-state index contributed by atoms with van der Waals surface area (Å²) in [7, 11) is 0. The molecule has 1 unspecified atom stereocenters. The smallest absolute Gasteiger partial charge is 0.325 e. The SMILES string of the molecule is CC(C)CC(CC1(N)CC1)C(F)(F)F. The van der Waals surface area contributed by atoms with Crippen molar-refractivity contribution in [3.8, 4) is 0 Å². The summed E-state index contributed by atoms with van der Waals surface area (Å²) < 4.78 is 37.7. The molecular formula is C10H18F3N. The van der Waals surface area contributed by atoms with Gasteiger partial charge in [0, 0.05) is 5.54 Å². The van der Waals surface area contributed by atoms with Gasteiger partial charge in [0.1, 0.15) is 0 Å². The van der Waals surface area contributed by atoms with Gasteiger partial charge in [0.2, 0.25) is 0 Å². The van der Waals surface area contributed by atoms with Crippen molar-refractivity contribution in [3.63, 3.8) is 0 Å². The highest BCUT2D eigenvalue weighted by Crippen LogP contribution is 2.44. The normalized spacial score (nSPS) is 22.5. The summed E-state index contributed by atoms with van der Waals surface area (Å²) in [6.07, 6.45) is -2.29. The van der Waals surface area contributed by atoms with Crippen LogP contribution in [0.15, 0.2) is 0 Å². The fourth-order valence-corrected chi connectivity index (χ4v) is 1.76. The minimum absolute atomic E-state index is 0.0731. The van der Waals surface area contributed by atoms with Crippen LogP contribution in [0, 0.1) is 11.8 Å². The van der Waals surface area contributed by atoms with Gasteiger partial charge in [-0.05, 0) is 31.6 Å². The lowest BCUT2D eigenvalue weighted by Crippen LogP contribution is -2.33. The van der Waals surface area contributed by atoms with Crippen molar-refractivity contribution >= 4 is 0 Å². The van der Waals surface area contributed by atoms with E-state index in [4.69, 9.17) is 5.73 Å². The Bertz CT molecular complexity index is 194. The molecule has 0 aromatic carbocycles. The van der Waals surface area contributed by atoms with Gasteiger partial charge < -0.3 is 5.73 Å². The Morgan fingerprint density at radius 2 is 1.79 bits per heavy atom. The van der Waals surface area contributed by atoms with E-state index in [-0.39, 0.29) is 18.8 Å². The molecule has 1 aliphatic rings. The third-order valence-corrected chi connectivity index (χ3v) is 2.76. The zero-order valence-corrected chi connectivity index (χ0v) is 8.69. The minimum Gasteiger partial charge on any atom is -0.325 e. The minimum atomic E-state index is -4.08. The first-order valence-corrected chi connectivity index (χ1v) is 5.08. The molecule has 1 atom stereocenters. The fourth-order valence-electron chi connectivity index (χ4n) is 1.76. The van der Waals surface area contributed by atoms with Crippen molar-refractivity contribution in [2.24, 2.45) is 17.6 Å². The summed E-state index contributed by atoms with van der Waals surface area (Å²) in [4.78, 5) is 0. The lowest BCUT2D eigenvalue weighted by molar-refractivity contribution is -0.182. The second kappa shape index (κ2) is 3.72. The molecule has 0 spiro atoms. The Hall–Kier alpha value is -0.250. The van der Waals surface area contributed by atoms with E-state index in [0.29, 0.717) is 0 Å². The van der Waals surface area contributed by atoms with Crippen LogP contribution in [0.5, 0.6) is 0 Å². The maximum atomic E-state index is 12.6. The van der Waals surface area contributed by atoms with Crippen LogP contribution in [0.3, 0.4) is 0 Å². The molecule has 1 rings (SSSR count). The second-order valence-electron chi connectivity index (χ2n) is 4.93. The summed E-state index contributed by atoms with van der Waals surface area (Å²) in [6.45, 7) is 3.63. The Morgan fingerprint density at radius 1 is 1.29 bits per heavy atom. The van der Waals surface area contributed by atoms with E-state index >= 15 is 0 Å². The summed E-state index contributed by atoms with van der Waals surface area (Å²) in [5, 5.41) is 0. The second-order valence-corrected chi connectivity index (χ2v) is 4.93. The molecule has 0 aromatic heterocycles. The molecular weight excluding hydrogens is 191 g/mol. The molecule has 1 nitrogen and oxygen atoms in total. The third kappa shape index (κ3) is 3.48. The first-order chi connectivity index (χ1) is 6.23. The zero-order valence-electron chi connectivity index (χ0n) is 8.69.